The van der Waals surface area contributed by atoms with Crippen LogP contribution < -0.4 is 0 Å². The van der Waals surface area contributed by atoms with Crippen molar-refractivity contribution in [1.82, 2.24) is 0 Å². The Morgan fingerprint density at radius 2 is 1.54 bits per heavy atom. The van der Waals surface area contributed by atoms with E-state index in [1.165, 1.54) is 6.92 Å². The van der Waals surface area contributed by atoms with E-state index < -0.39 is 0 Å². The average molecular weight is 346 g/mol. The monoisotopic (exact) mass is 346 g/mol. The van der Waals surface area contributed by atoms with Crippen molar-refractivity contribution in [3.8, 4) is 0 Å². The summed E-state index contributed by atoms with van der Waals surface area (Å²) in [5.74, 6) is 0.730. The van der Waals surface area contributed by atoms with Gasteiger partial charge in [0.2, 0.25) is 0 Å². The minimum atomic E-state index is -0.295. The largest absolute Gasteiger partial charge is 0.463 e. The topological polar surface area (TPSA) is 63.2 Å². The quantitative estimate of drug-likeness (QED) is 0.423. The molecule has 0 spiro atoms. The van der Waals surface area contributed by atoms with Gasteiger partial charge in [0.05, 0.1) is 32.5 Å². The highest BCUT2D eigenvalue weighted by Crippen LogP contribution is 2.35. The number of carbonyl (C=O) groups excluding carboxylic acids is 1. The highest BCUT2D eigenvalue weighted by Gasteiger charge is 2.40. The Morgan fingerprint density at radius 1 is 0.917 bits per heavy atom. The fraction of sp³-hybridized carbons (Fsp3) is 0.944. The van der Waals surface area contributed by atoms with Gasteiger partial charge in [-0.05, 0) is 18.3 Å². The number of rotatable bonds is 11. The molecule has 0 radical (unpaired) electrons. The molecule has 0 aromatic rings. The summed E-state index contributed by atoms with van der Waals surface area (Å²) in [6, 6.07) is 0. The van der Waals surface area contributed by atoms with E-state index in [4.69, 9.17) is 23.7 Å². The van der Waals surface area contributed by atoms with E-state index >= 15 is 0 Å². The first-order chi connectivity index (χ1) is 11.5. The molecule has 1 saturated heterocycles. The first-order valence-corrected chi connectivity index (χ1v) is 9.03. The molecule has 1 heterocycles. The summed E-state index contributed by atoms with van der Waals surface area (Å²) in [6.07, 6.45) is 0.593. The van der Waals surface area contributed by atoms with Crippen LogP contribution in [0.2, 0.25) is 0 Å². The molecule has 0 N–H and O–H groups in total. The van der Waals surface area contributed by atoms with Gasteiger partial charge in [-0.15, -0.1) is 0 Å². The maximum absolute atomic E-state index is 11.0. The van der Waals surface area contributed by atoms with Crippen LogP contribution >= 0.6 is 0 Å². The van der Waals surface area contributed by atoms with Gasteiger partial charge in [-0.3, -0.25) is 4.79 Å². The molecular formula is C18H34O6. The zero-order chi connectivity index (χ0) is 17.9. The molecule has 6 nitrogen and oxygen atoms in total. The summed E-state index contributed by atoms with van der Waals surface area (Å²) >= 11 is 0. The van der Waals surface area contributed by atoms with Gasteiger partial charge in [0.25, 0.3) is 0 Å². The van der Waals surface area contributed by atoms with E-state index in [1.807, 2.05) is 0 Å². The smallest absolute Gasteiger partial charge is 0.302 e. The van der Waals surface area contributed by atoms with Gasteiger partial charge in [-0.2, -0.15) is 0 Å². The molecule has 1 rings (SSSR count). The molecule has 5 atom stereocenters. The van der Waals surface area contributed by atoms with Gasteiger partial charge in [-0.25, -0.2) is 0 Å². The Labute approximate surface area is 146 Å². The Morgan fingerprint density at radius 3 is 2.17 bits per heavy atom. The Balaban J connectivity index is 2.28. The molecule has 5 unspecified atom stereocenters. The number of hydrogen-bond acceptors (Lipinski definition) is 6. The van der Waals surface area contributed by atoms with Crippen LogP contribution in [0.3, 0.4) is 0 Å². The van der Waals surface area contributed by atoms with Crippen LogP contribution in [0.4, 0.5) is 0 Å². The molecule has 6 heteroatoms. The van der Waals surface area contributed by atoms with Crippen LogP contribution in [-0.4, -0.2) is 58.0 Å². The molecule has 24 heavy (non-hydrogen) atoms. The molecule has 0 aromatic carbocycles. The van der Waals surface area contributed by atoms with Crippen molar-refractivity contribution in [2.75, 3.05) is 39.6 Å². The minimum Gasteiger partial charge on any atom is -0.463 e. The lowest BCUT2D eigenvalue weighted by molar-refractivity contribution is -0.258. The molecule has 0 saturated carbocycles. The predicted octanol–water partition coefficient (Wildman–Crippen LogP) is 2.64. The van der Waals surface area contributed by atoms with Crippen LogP contribution in [0.5, 0.6) is 0 Å². The molecule has 142 valence electrons. The van der Waals surface area contributed by atoms with Crippen molar-refractivity contribution >= 4 is 5.97 Å². The predicted molar refractivity (Wildman–Crippen MR) is 90.7 cm³/mol. The van der Waals surface area contributed by atoms with Crippen LogP contribution in [0.15, 0.2) is 0 Å². The van der Waals surface area contributed by atoms with E-state index in [-0.39, 0.29) is 30.9 Å². The molecule has 0 amide bonds. The van der Waals surface area contributed by atoms with E-state index in [0.29, 0.717) is 38.3 Å². The number of esters is 1. The standard InChI is InChI=1S/C18H34O6/c1-6-7-20-8-9-21-10-11-22-18-15(4)13(2)14(3)17(24-18)12-23-16(5)19/h13-15,17-18H,6-12H2,1-5H3. The van der Waals surface area contributed by atoms with Crippen molar-refractivity contribution in [1.29, 1.82) is 0 Å². The van der Waals surface area contributed by atoms with E-state index in [1.54, 1.807) is 0 Å². The highest BCUT2D eigenvalue weighted by molar-refractivity contribution is 5.65. The van der Waals surface area contributed by atoms with Gasteiger partial charge >= 0.3 is 5.97 Å². The molecule has 1 aliphatic heterocycles. The average Bonchev–Trinajstić information content (AvgIpc) is 2.55. The summed E-state index contributed by atoms with van der Waals surface area (Å²) < 4.78 is 27.8. The summed E-state index contributed by atoms with van der Waals surface area (Å²) in [4.78, 5) is 11.0. The van der Waals surface area contributed by atoms with Gasteiger partial charge < -0.3 is 23.7 Å². The first kappa shape index (κ1) is 21.4. The van der Waals surface area contributed by atoms with Crippen LogP contribution in [0.25, 0.3) is 0 Å². The van der Waals surface area contributed by atoms with Gasteiger partial charge in [0.1, 0.15) is 6.61 Å². The second-order valence-electron chi connectivity index (χ2n) is 6.52. The minimum absolute atomic E-state index is 0.131. The van der Waals surface area contributed by atoms with E-state index in [2.05, 4.69) is 27.7 Å². The van der Waals surface area contributed by atoms with Gasteiger partial charge in [0, 0.05) is 19.4 Å². The summed E-state index contributed by atoms with van der Waals surface area (Å²) in [5, 5.41) is 0. The molecule has 0 bridgehead atoms. The zero-order valence-electron chi connectivity index (χ0n) is 15.8. The van der Waals surface area contributed by atoms with Crippen molar-refractivity contribution in [2.45, 2.75) is 53.4 Å². The summed E-state index contributed by atoms with van der Waals surface area (Å²) in [5.41, 5.74) is 0. The maximum atomic E-state index is 11.0. The van der Waals surface area contributed by atoms with Crippen molar-refractivity contribution < 1.29 is 28.5 Å². The summed E-state index contributed by atoms with van der Waals surface area (Å²) in [7, 11) is 0. The van der Waals surface area contributed by atoms with Crippen LogP contribution in [0.1, 0.15) is 41.0 Å². The van der Waals surface area contributed by atoms with E-state index in [9.17, 15) is 4.79 Å². The Hall–Kier alpha value is -0.690. The zero-order valence-corrected chi connectivity index (χ0v) is 15.8. The third kappa shape index (κ3) is 7.47. The van der Waals surface area contributed by atoms with Crippen molar-refractivity contribution in [3.63, 3.8) is 0 Å². The SMILES string of the molecule is CCCOCCOCCOC1OC(COC(C)=O)C(C)C(C)C1C. The lowest BCUT2D eigenvalue weighted by Gasteiger charge is -2.43. The third-order valence-corrected chi connectivity index (χ3v) is 4.66. The lowest BCUT2D eigenvalue weighted by Crippen LogP contribution is -2.48. The second kappa shape index (κ2) is 11.8. The van der Waals surface area contributed by atoms with Crippen LogP contribution in [0, 0.1) is 17.8 Å². The van der Waals surface area contributed by atoms with Crippen molar-refractivity contribution in [2.24, 2.45) is 17.8 Å². The Kier molecular flexibility index (Phi) is 10.5. The van der Waals surface area contributed by atoms with Gasteiger partial charge in [0.15, 0.2) is 6.29 Å². The number of ether oxygens (including phenoxy) is 5. The van der Waals surface area contributed by atoms with Crippen LogP contribution in [-0.2, 0) is 28.5 Å². The van der Waals surface area contributed by atoms with Gasteiger partial charge in [-0.1, -0.05) is 27.7 Å². The first-order valence-electron chi connectivity index (χ1n) is 9.03. The highest BCUT2D eigenvalue weighted by atomic mass is 16.7. The maximum Gasteiger partial charge on any atom is 0.302 e. The fourth-order valence-corrected chi connectivity index (χ4v) is 2.76. The van der Waals surface area contributed by atoms with Crippen molar-refractivity contribution in [3.05, 3.63) is 0 Å². The fourth-order valence-electron chi connectivity index (χ4n) is 2.76. The number of hydrogen-bond donors (Lipinski definition) is 0. The lowest BCUT2D eigenvalue weighted by atomic mass is 9.79. The van der Waals surface area contributed by atoms with E-state index in [0.717, 1.165) is 13.0 Å². The molecule has 1 aliphatic rings. The molecular weight excluding hydrogens is 312 g/mol. The second-order valence-corrected chi connectivity index (χ2v) is 6.52. The molecule has 0 aliphatic carbocycles. The third-order valence-electron chi connectivity index (χ3n) is 4.66. The molecule has 1 fully saturated rings. The Bertz CT molecular complexity index is 348. The summed E-state index contributed by atoms with van der Waals surface area (Å²) in [6.45, 7) is 13.2. The normalized spacial score (nSPS) is 30.3. The number of carbonyl (C=O) groups is 1. The molecule has 0 aromatic heterocycles.